The maximum absolute atomic E-state index is 12.6. The van der Waals surface area contributed by atoms with Crippen LogP contribution in [0.3, 0.4) is 0 Å². The van der Waals surface area contributed by atoms with Gasteiger partial charge in [0.25, 0.3) is 11.8 Å². The molecule has 1 aliphatic rings. The van der Waals surface area contributed by atoms with Crippen molar-refractivity contribution in [3.8, 4) is 5.75 Å². The van der Waals surface area contributed by atoms with Crippen LogP contribution in [0.1, 0.15) is 11.1 Å². The molecule has 2 N–H and O–H groups in total. The molecule has 0 aliphatic carbocycles. The first-order chi connectivity index (χ1) is 16.0. The molecule has 8 heteroatoms. The molecule has 0 radical (unpaired) electrons. The lowest BCUT2D eigenvalue weighted by Gasteiger charge is -2.11. The Morgan fingerprint density at radius 1 is 1.00 bits per heavy atom. The van der Waals surface area contributed by atoms with Crippen LogP contribution in [0.15, 0.2) is 84.6 Å². The number of nitrogens with one attached hydrogen (secondary N) is 2. The van der Waals surface area contributed by atoms with Gasteiger partial charge in [-0.15, -0.1) is 0 Å². The van der Waals surface area contributed by atoms with Crippen molar-refractivity contribution < 1.29 is 19.1 Å². The summed E-state index contributed by atoms with van der Waals surface area (Å²) in [5, 5.41) is 5.84. The van der Waals surface area contributed by atoms with Crippen molar-refractivity contribution in [2.45, 2.75) is 6.54 Å². The summed E-state index contributed by atoms with van der Waals surface area (Å²) in [6.07, 6.45) is 1.60. The van der Waals surface area contributed by atoms with Crippen LogP contribution in [0.2, 0.25) is 5.02 Å². The molecule has 3 aromatic carbocycles. The number of rotatable bonds is 7. The van der Waals surface area contributed by atoms with Crippen LogP contribution in [0, 0.1) is 0 Å². The molecular weight excluding hydrogens is 442 g/mol. The summed E-state index contributed by atoms with van der Waals surface area (Å²) in [4.78, 5) is 38.1. The molecule has 166 valence electrons. The molecule has 0 aromatic heterocycles. The number of amides is 4. The Kier molecular flexibility index (Phi) is 6.71. The first-order valence-electron chi connectivity index (χ1n) is 10.1. The summed E-state index contributed by atoms with van der Waals surface area (Å²) in [7, 11) is 0. The predicted octanol–water partition coefficient (Wildman–Crippen LogP) is 4.45. The smallest absolute Gasteiger partial charge is 0.329 e. The number of benzene rings is 3. The van der Waals surface area contributed by atoms with Gasteiger partial charge in [-0.05, 0) is 47.5 Å². The summed E-state index contributed by atoms with van der Waals surface area (Å²) in [5.41, 5.74) is 2.35. The fourth-order valence-electron chi connectivity index (χ4n) is 3.22. The van der Waals surface area contributed by atoms with Crippen LogP contribution in [0.25, 0.3) is 6.08 Å². The maximum Gasteiger partial charge on any atom is 0.329 e. The lowest BCUT2D eigenvalue weighted by atomic mass is 10.1. The van der Waals surface area contributed by atoms with E-state index in [0.717, 1.165) is 10.5 Å². The summed E-state index contributed by atoms with van der Waals surface area (Å²) < 4.78 is 5.51. The quantitative estimate of drug-likeness (QED) is 0.402. The largest absolute Gasteiger partial charge is 0.484 e. The Hall–Kier alpha value is -4.10. The van der Waals surface area contributed by atoms with Crippen LogP contribution in [-0.4, -0.2) is 29.4 Å². The van der Waals surface area contributed by atoms with E-state index in [0.29, 0.717) is 22.0 Å². The van der Waals surface area contributed by atoms with E-state index < -0.39 is 6.03 Å². The molecule has 1 saturated heterocycles. The van der Waals surface area contributed by atoms with Crippen LogP contribution in [0.5, 0.6) is 5.75 Å². The van der Waals surface area contributed by atoms with Crippen molar-refractivity contribution in [3.63, 3.8) is 0 Å². The Bertz CT molecular complexity index is 1210. The number of halogens is 1. The molecule has 1 aliphatic heterocycles. The zero-order valence-electron chi connectivity index (χ0n) is 17.5. The molecule has 0 bridgehead atoms. The Morgan fingerprint density at radius 2 is 1.76 bits per heavy atom. The standard InChI is InChI=1S/C25H20ClN3O4/c26-19-7-4-8-20(14-19)27-23(30)16-33-21-11-9-17(10-12-21)13-22-24(31)29(25(32)28-22)15-18-5-2-1-3-6-18/h1-14H,15-16H2,(H,27,30)(H,28,32)/b22-13-. The summed E-state index contributed by atoms with van der Waals surface area (Å²) >= 11 is 5.90. The summed E-state index contributed by atoms with van der Waals surface area (Å²) in [5.74, 6) is -0.214. The van der Waals surface area contributed by atoms with Gasteiger partial charge in [0.1, 0.15) is 11.4 Å². The third kappa shape index (κ3) is 5.78. The van der Waals surface area contributed by atoms with E-state index in [-0.39, 0.29) is 30.7 Å². The predicted molar refractivity (Wildman–Crippen MR) is 126 cm³/mol. The van der Waals surface area contributed by atoms with E-state index in [4.69, 9.17) is 16.3 Å². The van der Waals surface area contributed by atoms with Crippen LogP contribution < -0.4 is 15.4 Å². The maximum atomic E-state index is 12.6. The minimum Gasteiger partial charge on any atom is -0.484 e. The SMILES string of the molecule is O=C(COc1ccc(/C=C2\NC(=O)N(Cc3ccccc3)C2=O)cc1)Nc1cccc(Cl)c1. The van der Waals surface area contributed by atoms with Gasteiger partial charge < -0.3 is 15.4 Å². The fraction of sp³-hybridized carbons (Fsp3) is 0.0800. The monoisotopic (exact) mass is 461 g/mol. The molecule has 1 fully saturated rings. The number of carbonyl (C=O) groups is 3. The minimum atomic E-state index is -0.458. The molecule has 0 spiro atoms. The van der Waals surface area contributed by atoms with E-state index in [1.165, 1.54) is 0 Å². The molecule has 33 heavy (non-hydrogen) atoms. The number of nitrogens with zero attached hydrogens (tertiary/aromatic N) is 1. The van der Waals surface area contributed by atoms with E-state index in [1.807, 2.05) is 30.3 Å². The van der Waals surface area contributed by atoms with Crippen molar-refractivity contribution in [2.75, 3.05) is 11.9 Å². The lowest BCUT2D eigenvalue weighted by molar-refractivity contribution is -0.123. The van der Waals surface area contributed by atoms with Crippen molar-refractivity contribution in [3.05, 3.63) is 101 Å². The highest BCUT2D eigenvalue weighted by Gasteiger charge is 2.33. The Labute approximate surface area is 195 Å². The number of urea groups is 1. The number of ether oxygens (including phenoxy) is 1. The van der Waals surface area contributed by atoms with Gasteiger partial charge in [0.15, 0.2) is 6.61 Å². The van der Waals surface area contributed by atoms with Crippen molar-refractivity contribution in [1.29, 1.82) is 0 Å². The molecule has 3 aromatic rings. The van der Waals surface area contributed by atoms with Gasteiger partial charge in [-0.2, -0.15) is 0 Å². The van der Waals surface area contributed by atoms with E-state index >= 15 is 0 Å². The second-order valence-electron chi connectivity index (χ2n) is 7.28. The molecule has 1 heterocycles. The van der Waals surface area contributed by atoms with E-state index in [9.17, 15) is 14.4 Å². The number of hydrogen-bond donors (Lipinski definition) is 2. The average Bonchev–Trinajstić information content (AvgIpc) is 3.06. The highest BCUT2D eigenvalue weighted by molar-refractivity contribution is 6.30. The number of carbonyl (C=O) groups excluding carboxylic acids is 3. The van der Waals surface area contributed by atoms with Crippen LogP contribution >= 0.6 is 11.6 Å². The fourth-order valence-corrected chi connectivity index (χ4v) is 3.41. The van der Waals surface area contributed by atoms with Crippen LogP contribution in [-0.2, 0) is 16.1 Å². The number of hydrogen-bond acceptors (Lipinski definition) is 4. The molecule has 0 saturated carbocycles. The van der Waals surface area contributed by atoms with Gasteiger partial charge in [-0.1, -0.05) is 60.1 Å². The number of imide groups is 1. The summed E-state index contributed by atoms with van der Waals surface area (Å²) in [6, 6.07) is 22.5. The van der Waals surface area contributed by atoms with Crippen molar-refractivity contribution in [2.24, 2.45) is 0 Å². The third-order valence-corrected chi connectivity index (χ3v) is 5.05. The highest BCUT2D eigenvalue weighted by Crippen LogP contribution is 2.19. The second-order valence-corrected chi connectivity index (χ2v) is 7.72. The van der Waals surface area contributed by atoms with Gasteiger partial charge in [0.05, 0.1) is 6.54 Å². The average molecular weight is 462 g/mol. The Balaban J connectivity index is 1.33. The molecule has 4 rings (SSSR count). The summed E-state index contributed by atoms with van der Waals surface area (Å²) in [6.45, 7) is 0.0306. The third-order valence-electron chi connectivity index (χ3n) is 4.82. The molecule has 4 amide bonds. The number of anilines is 1. The van der Waals surface area contributed by atoms with Crippen molar-refractivity contribution >= 4 is 41.2 Å². The molecular formula is C25H20ClN3O4. The molecule has 0 atom stereocenters. The lowest BCUT2D eigenvalue weighted by Crippen LogP contribution is -2.30. The van der Waals surface area contributed by atoms with Gasteiger partial charge in [0.2, 0.25) is 0 Å². The van der Waals surface area contributed by atoms with Crippen LogP contribution in [0.4, 0.5) is 10.5 Å². The zero-order chi connectivity index (χ0) is 23.2. The first kappa shape index (κ1) is 22.1. The van der Waals surface area contributed by atoms with Crippen molar-refractivity contribution in [1.82, 2.24) is 10.2 Å². The molecule has 0 unspecified atom stereocenters. The highest BCUT2D eigenvalue weighted by atomic mass is 35.5. The van der Waals surface area contributed by atoms with E-state index in [1.54, 1.807) is 54.6 Å². The van der Waals surface area contributed by atoms with Gasteiger partial charge in [0, 0.05) is 10.7 Å². The Morgan fingerprint density at radius 3 is 2.48 bits per heavy atom. The van der Waals surface area contributed by atoms with E-state index in [2.05, 4.69) is 10.6 Å². The molecule has 7 nitrogen and oxygen atoms in total. The second kappa shape index (κ2) is 10.0. The van der Waals surface area contributed by atoms with Gasteiger partial charge >= 0.3 is 6.03 Å². The zero-order valence-corrected chi connectivity index (χ0v) is 18.2. The first-order valence-corrected chi connectivity index (χ1v) is 10.5. The van der Waals surface area contributed by atoms with Gasteiger partial charge in [-0.25, -0.2) is 4.79 Å². The normalized spacial score (nSPS) is 14.3. The topological polar surface area (TPSA) is 87.7 Å². The minimum absolute atomic E-state index is 0.171. The van der Waals surface area contributed by atoms with Gasteiger partial charge in [-0.3, -0.25) is 14.5 Å².